The normalized spacial score (nSPS) is 20.7. The smallest absolute Gasteiger partial charge is 0.248 e. The Morgan fingerprint density at radius 2 is 1.76 bits per heavy atom. The van der Waals surface area contributed by atoms with Crippen LogP contribution in [-0.4, -0.2) is 62.1 Å². The molecule has 2 fully saturated rings. The number of hydrogen-bond acceptors (Lipinski definition) is 4. The highest BCUT2D eigenvalue weighted by molar-refractivity contribution is 5.79. The van der Waals surface area contributed by atoms with Crippen LogP contribution in [0, 0.1) is 0 Å². The van der Waals surface area contributed by atoms with Crippen molar-refractivity contribution in [2.75, 3.05) is 33.4 Å². The van der Waals surface area contributed by atoms with Crippen LogP contribution in [0.4, 0.5) is 0 Å². The summed E-state index contributed by atoms with van der Waals surface area (Å²) in [5, 5.41) is 6.39. The van der Waals surface area contributed by atoms with Gasteiger partial charge in [-0.2, -0.15) is 0 Å². The van der Waals surface area contributed by atoms with Crippen molar-refractivity contribution in [3.8, 4) is 0 Å². The Morgan fingerprint density at radius 1 is 1.10 bits per heavy atom. The molecule has 0 bridgehead atoms. The lowest BCUT2D eigenvalue weighted by molar-refractivity contribution is -0.136. The Morgan fingerprint density at radius 3 is 2.38 bits per heavy atom. The molecule has 0 unspecified atom stereocenters. The number of nitrogens with zero attached hydrogens (tertiary/aromatic N) is 1. The molecule has 120 valence electrons. The second-order valence-electron chi connectivity index (χ2n) is 6.02. The van der Waals surface area contributed by atoms with Gasteiger partial charge in [-0.05, 0) is 25.7 Å². The SMILES string of the molecule is COCC(=O)N1CCC(NC(=O)CNC2CCCC2)CC1. The molecule has 0 aromatic rings. The topological polar surface area (TPSA) is 70.7 Å². The first-order valence-corrected chi connectivity index (χ1v) is 7.98. The van der Waals surface area contributed by atoms with Gasteiger partial charge in [-0.25, -0.2) is 0 Å². The van der Waals surface area contributed by atoms with E-state index in [0.29, 0.717) is 25.7 Å². The van der Waals surface area contributed by atoms with E-state index in [-0.39, 0.29) is 24.5 Å². The predicted molar refractivity (Wildman–Crippen MR) is 79.9 cm³/mol. The maximum atomic E-state index is 11.9. The summed E-state index contributed by atoms with van der Waals surface area (Å²) in [6, 6.07) is 0.707. The standard InChI is InChI=1S/C15H27N3O3/c1-21-11-15(20)18-8-6-13(7-9-18)17-14(19)10-16-12-4-2-3-5-12/h12-13,16H,2-11H2,1H3,(H,17,19). The molecule has 0 atom stereocenters. The summed E-state index contributed by atoms with van der Waals surface area (Å²) in [7, 11) is 1.53. The van der Waals surface area contributed by atoms with Gasteiger partial charge >= 0.3 is 0 Å². The lowest BCUT2D eigenvalue weighted by Crippen LogP contribution is -2.49. The number of piperidine rings is 1. The highest BCUT2D eigenvalue weighted by Gasteiger charge is 2.24. The number of methoxy groups -OCH3 is 1. The van der Waals surface area contributed by atoms with Crippen molar-refractivity contribution in [3.05, 3.63) is 0 Å². The molecule has 1 saturated heterocycles. The summed E-state index contributed by atoms with van der Waals surface area (Å²) in [5.41, 5.74) is 0. The van der Waals surface area contributed by atoms with Crippen LogP contribution in [0.1, 0.15) is 38.5 Å². The summed E-state index contributed by atoms with van der Waals surface area (Å²) >= 11 is 0. The fraction of sp³-hybridized carbons (Fsp3) is 0.867. The molecule has 0 aromatic carbocycles. The van der Waals surface area contributed by atoms with Crippen molar-refractivity contribution in [1.29, 1.82) is 0 Å². The second-order valence-corrected chi connectivity index (χ2v) is 6.02. The number of rotatable bonds is 6. The van der Waals surface area contributed by atoms with E-state index < -0.39 is 0 Å². The number of hydrogen-bond donors (Lipinski definition) is 2. The number of nitrogens with one attached hydrogen (secondary N) is 2. The lowest BCUT2D eigenvalue weighted by atomic mass is 10.0. The minimum Gasteiger partial charge on any atom is -0.375 e. The van der Waals surface area contributed by atoms with Crippen LogP contribution in [-0.2, 0) is 14.3 Å². The maximum absolute atomic E-state index is 11.9. The number of carbonyl (C=O) groups is 2. The molecule has 6 nitrogen and oxygen atoms in total. The zero-order valence-corrected chi connectivity index (χ0v) is 12.9. The van der Waals surface area contributed by atoms with E-state index in [9.17, 15) is 9.59 Å². The van der Waals surface area contributed by atoms with Crippen LogP contribution < -0.4 is 10.6 Å². The molecule has 0 aromatic heterocycles. The summed E-state index contributed by atoms with van der Waals surface area (Å²) in [5.74, 6) is 0.105. The monoisotopic (exact) mass is 297 g/mol. The highest BCUT2D eigenvalue weighted by Crippen LogP contribution is 2.17. The van der Waals surface area contributed by atoms with Crippen LogP contribution in [0.3, 0.4) is 0 Å². The van der Waals surface area contributed by atoms with Crippen molar-refractivity contribution in [2.24, 2.45) is 0 Å². The molecular weight excluding hydrogens is 270 g/mol. The summed E-state index contributed by atoms with van der Waals surface area (Å²) < 4.78 is 4.86. The van der Waals surface area contributed by atoms with Gasteiger partial charge in [0.1, 0.15) is 6.61 Å². The van der Waals surface area contributed by atoms with Gasteiger partial charge in [0.15, 0.2) is 0 Å². The molecule has 2 aliphatic rings. The third kappa shape index (κ3) is 5.28. The minimum atomic E-state index is 0.0326. The second kappa shape index (κ2) is 8.34. The Bertz CT molecular complexity index is 348. The van der Waals surface area contributed by atoms with Gasteiger partial charge in [0.2, 0.25) is 11.8 Å². The highest BCUT2D eigenvalue weighted by atomic mass is 16.5. The van der Waals surface area contributed by atoms with Gasteiger partial charge in [-0.15, -0.1) is 0 Å². The lowest BCUT2D eigenvalue weighted by Gasteiger charge is -2.32. The molecule has 6 heteroatoms. The molecule has 2 amide bonds. The minimum absolute atomic E-state index is 0.0326. The first kappa shape index (κ1) is 16.2. The van der Waals surface area contributed by atoms with Gasteiger partial charge in [0.05, 0.1) is 6.54 Å². The van der Waals surface area contributed by atoms with Crippen LogP contribution >= 0.6 is 0 Å². The molecule has 0 radical (unpaired) electrons. The first-order valence-electron chi connectivity index (χ1n) is 7.98. The number of ether oxygens (including phenoxy) is 1. The summed E-state index contributed by atoms with van der Waals surface area (Å²) in [4.78, 5) is 25.4. The zero-order valence-electron chi connectivity index (χ0n) is 12.9. The van der Waals surface area contributed by atoms with Crippen molar-refractivity contribution in [2.45, 2.75) is 50.6 Å². The maximum Gasteiger partial charge on any atom is 0.248 e. The Balaban J connectivity index is 1.61. The third-order valence-corrected chi connectivity index (χ3v) is 4.39. The fourth-order valence-corrected chi connectivity index (χ4v) is 3.13. The van der Waals surface area contributed by atoms with E-state index in [1.165, 1.54) is 32.8 Å². The number of likely N-dealkylation sites (tertiary alicyclic amines) is 1. The van der Waals surface area contributed by atoms with Gasteiger partial charge in [0.25, 0.3) is 0 Å². The molecule has 1 aliphatic heterocycles. The Labute approximate surface area is 126 Å². The van der Waals surface area contributed by atoms with Gasteiger partial charge in [0, 0.05) is 32.3 Å². The predicted octanol–water partition coefficient (Wildman–Crippen LogP) is 0.272. The Hall–Kier alpha value is -1.14. The van der Waals surface area contributed by atoms with Crippen LogP contribution in [0.15, 0.2) is 0 Å². The number of amides is 2. The Kier molecular flexibility index (Phi) is 6.45. The largest absolute Gasteiger partial charge is 0.375 e. The molecule has 21 heavy (non-hydrogen) atoms. The fourth-order valence-electron chi connectivity index (χ4n) is 3.13. The molecule has 0 spiro atoms. The van der Waals surface area contributed by atoms with E-state index in [4.69, 9.17) is 4.74 Å². The van der Waals surface area contributed by atoms with Crippen molar-refractivity contribution in [1.82, 2.24) is 15.5 Å². The molecular formula is C15H27N3O3. The van der Waals surface area contributed by atoms with Gasteiger partial charge < -0.3 is 20.3 Å². The third-order valence-electron chi connectivity index (χ3n) is 4.39. The molecule has 1 aliphatic carbocycles. The van der Waals surface area contributed by atoms with Gasteiger partial charge in [-0.1, -0.05) is 12.8 Å². The van der Waals surface area contributed by atoms with Crippen LogP contribution in [0.5, 0.6) is 0 Å². The van der Waals surface area contributed by atoms with Crippen molar-refractivity contribution in [3.63, 3.8) is 0 Å². The van der Waals surface area contributed by atoms with E-state index in [1.54, 1.807) is 0 Å². The molecule has 2 rings (SSSR count). The summed E-state index contributed by atoms with van der Waals surface area (Å²) in [6.45, 7) is 1.95. The number of carbonyl (C=O) groups excluding carboxylic acids is 2. The summed E-state index contributed by atoms with van der Waals surface area (Å²) in [6.07, 6.45) is 6.57. The van der Waals surface area contributed by atoms with Crippen molar-refractivity contribution >= 4 is 11.8 Å². The van der Waals surface area contributed by atoms with E-state index in [0.717, 1.165) is 12.8 Å². The van der Waals surface area contributed by atoms with Crippen LogP contribution in [0.2, 0.25) is 0 Å². The van der Waals surface area contributed by atoms with E-state index in [2.05, 4.69) is 10.6 Å². The first-order chi connectivity index (χ1) is 10.2. The average molecular weight is 297 g/mol. The zero-order chi connectivity index (χ0) is 15.1. The average Bonchev–Trinajstić information content (AvgIpc) is 2.99. The molecule has 2 N–H and O–H groups in total. The quantitative estimate of drug-likeness (QED) is 0.738. The van der Waals surface area contributed by atoms with E-state index >= 15 is 0 Å². The van der Waals surface area contributed by atoms with Crippen molar-refractivity contribution < 1.29 is 14.3 Å². The van der Waals surface area contributed by atoms with E-state index in [1.807, 2.05) is 4.90 Å². The van der Waals surface area contributed by atoms with Crippen LogP contribution in [0.25, 0.3) is 0 Å². The molecule has 1 saturated carbocycles. The van der Waals surface area contributed by atoms with Gasteiger partial charge in [-0.3, -0.25) is 9.59 Å². The molecule has 1 heterocycles.